The van der Waals surface area contributed by atoms with Gasteiger partial charge in [0.2, 0.25) is 0 Å². The fraction of sp³-hybridized carbons (Fsp3) is 1.00. The molecular formula is C2H4O2. The van der Waals surface area contributed by atoms with E-state index in [1.807, 2.05) is 0 Å². The van der Waals surface area contributed by atoms with Crippen molar-refractivity contribution in [2.24, 2.45) is 0 Å². The Bertz CT molecular complexity index is 34.6. The SMILES string of the molecule is [2H]C1COO1. The molecule has 24 valence electrons. The number of hydrogen-bond acceptors (Lipinski definition) is 2. The van der Waals surface area contributed by atoms with Crippen LogP contribution in [0.25, 0.3) is 0 Å². The summed E-state index contributed by atoms with van der Waals surface area (Å²) in [5, 5.41) is 0. The largest absolute Gasteiger partial charge is 0.234 e. The molecule has 0 N–H and O–H groups in total. The third kappa shape index (κ3) is 0.106. The predicted molar refractivity (Wildman–Crippen MR) is 11.9 cm³/mol. The molecule has 1 saturated heterocycles. The monoisotopic (exact) mass is 61.0 g/mol. The maximum Gasteiger partial charge on any atom is 0.109 e. The Hall–Kier alpha value is -0.0800. The summed E-state index contributed by atoms with van der Waals surface area (Å²) in [6.45, 7) is 0.0231. The van der Waals surface area contributed by atoms with Crippen molar-refractivity contribution in [3.63, 3.8) is 0 Å². The molecule has 0 amide bonds. The van der Waals surface area contributed by atoms with Gasteiger partial charge in [-0.25, -0.2) is 9.78 Å². The average Bonchev–Trinajstić information content (AvgIpc) is 1.30. The van der Waals surface area contributed by atoms with E-state index < -0.39 is 6.58 Å². The molecule has 0 aromatic heterocycles. The summed E-state index contributed by atoms with van der Waals surface area (Å²) in [6.07, 6.45) is 0. The van der Waals surface area contributed by atoms with E-state index in [2.05, 4.69) is 9.78 Å². The number of rotatable bonds is 0. The molecule has 0 aromatic rings. The summed E-state index contributed by atoms with van der Waals surface area (Å²) in [5.41, 5.74) is 0. The van der Waals surface area contributed by atoms with Crippen molar-refractivity contribution in [1.29, 1.82) is 0 Å². The summed E-state index contributed by atoms with van der Waals surface area (Å²) >= 11 is 0. The van der Waals surface area contributed by atoms with Gasteiger partial charge in [0, 0.05) is 0 Å². The lowest BCUT2D eigenvalue weighted by Gasteiger charge is -2.08. The van der Waals surface area contributed by atoms with Crippen molar-refractivity contribution in [2.75, 3.05) is 13.2 Å². The molecule has 1 aliphatic heterocycles. The van der Waals surface area contributed by atoms with E-state index in [4.69, 9.17) is 1.37 Å². The molecule has 0 saturated carbocycles. The molecule has 4 heavy (non-hydrogen) atoms. The van der Waals surface area contributed by atoms with Gasteiger partial charge in [-0.3, -0.25) is 0 Å². The minimum Gasteiger partial charge on any atom is -0.234 e. The maximum absolute atomic E-state index is 6.57. The Morgan fingerprint density at radius 2 is 2.25 bits per heavy atom. The zero-order valence-electron chi connectivity index (χ0n) is 3.10. The predicted octanol–water partition coefficient (Wildman–Crippen LogP) is -0.0518. The average molecular weight is 61.1 g/mol. The van der Waals surface area contributed by atoms with E-state index in [1.165, 1.54) is 0 Å². The fourth-order valence-corrected chi connectivity index (χ4v) is 0.0680. The van der Waals surface area contributed by atoms with Gasteiger partial charge in [0.25, 0.3) is 0 Å². The standard InChI is InChI=1S/C2H4O2/c1-2-4-3-1/h1-2H2/i1D. The van der Waals surface area contributed by atoms with Gasteiger partial charge in [0.05, 0.1) is 1.37 Å². The summed E-state index contributed by atoms with van der Waals surface area (Å²) in [7, 11) is 0. The van der Waals surface area contributed by atoms with E-state index in [9.17, 15) is 0 Å². The summed E-state index contributed by atoms with van der Waals surface area (Å²) in [4.78, 5) is 8.24. The summed E-state index contributed by atoms with van der Waals surface area (Å²) < 4.78 is 6.57. The molecule has 2 nitrogen and oxygen atoms in total. The van der Waals surface area contributed by atoms with Gasteiger partial charge in [-0.1, -0.05) is 0 Å². The van der Waals surface area contributed by atoms with E-state index in [0.29, 0.717) is 6.61 Å². The van der Waals surface area contributed by atoms with Crippen LogP contribution in [-0.4, -0.2) is 13.2 Å². The van der Waals surface area contributed by atoms with E-state index in [-0.39, 0.29) is 0 Å². The molecule has 1 rings (SSSR count). The highest BCUT2D eigenvalue weighted by Gasteiger charge is 1.95. The van der Waals surface area contributed by atoms with Crippen molar-refractivity contribution in [3.8, 4) is 0 Å². The molecule has 2 heteroatoms. The van der Waals surface area contributed by atoms with Gasteiger partial charge in [0.15, 0.2) is 0 Å². The molecule has 0 spiro atoms. The van der Waals surface area contributed by atoms with Crippen LogP contribution in [0.1, 0.15) is 1.37 Å². The maximum atomic E-state index is 6.57. The molecule has 0 bridgehead atoms. The zero-order valence-corrected chi connectivity index (χ0v) is 2.10. The Labute approximate surface area is 25.7 Å². The molecule has 1 unspecified atom stereocenters. The first-order chi connectivity index (χ1) is 2.39. The zero-order chi connectivity index (χ0) is 3.70. The second-order valence-corrected chi connectivity index (χ2v) is 0.547. The van der Waals surface area contributed by atoms with Crippen molar-refractivity contribution in [3.05, 3.63) is 0 Å². The van der Waals surface area contributed by atoms with E-state index in [1.54, 1.807) is 0 Å². The first-order valence-corrected chi connectivity index (χ1v) is 1.10. The molecule has 0 aromatic carbocycles. The Morgan fingerprint density at radius 3 is 2.25 bits per heavy atom. The van der Waals surface area contributed by atoms with Gasteiger partial charge in [-0.2, -0.15) is 0 Å². The van der Waals surface area contributed by atoms with E-state index >= 15 is 0 Å². The van der Waals surface area contributed by atoms with Crippen LogP contribution in [0.2, 0.25) is 0 Å². The lowest BCUT2D eigenvalue weighted by atomic mass is 10.8. The van der Waals surface area contributed by atoms with Gasteiger partial charge >= 0.3 is 0 Å². The highest BCUT2D eigenvalue weighted by atomic mass is 17.2. The second kappa shape index (κ2) is 0.701. The van der Waals surface area contributed by atoms with Crippen LogP contribution in [0.5, 0.6) is 0 Å². The first kappa shape index (κ1) is 1.38. The summed E-state index contributed by atoms with van der Waals surface area (Å²) in [6, 6.07) is 0. The molecule has 0 radical (unpaired) electrons. The van der Waals surface area contributed by atoms with Gasteiger partial charge in [-0.05, 0) is 0 Å². The summed E-state index contributed by atoms with van der Waals surface area (Å²) in [5.74, 6) is 0. The van der Waals surface area contributed by atoms with Crippen LogP contribution in [0, 0.1) is 0 Å². The Morgan fingerprint density at radius 1 is 1.75 bits per heavy atom. The van der Waals surface area contributed by atoms with Crippen LogP contribution >= 0.6 is 0 Å². The lowest BCUT2D eigenvalue weighted by molar-refractivity contribution is -0.382. The molecule has 1 aliphatic rings. The van der Waals surface area contributed by atoms with Gasteiger partial charge < -0.3 is 0 Å². The normalized spacial score (nSPS) is 46.0. The smallest absolute Gasteiger partial charge is 0.109 e. The van der Waals surface area contributed by atoms with Crippen LogP contribution in [0.3, 0.4) is 0 Å². The van der Waals surface area contributed by atoms with Crippen LogP contribution < -0.4 is 0 Å². The van der Waals surface area contributed by atoms with Crippen LogP contribution in [0.15, 0.2) is 0 Å². The molecule has 1 fully saturated rings. The number of hydrogen-bond donors (Lipinski definition) is 0. The lowest BCUT2D eigenvalue weighted by Crippen LogP contribution is -2.14. The molecular weight excluding hydrogens is 56.0 g/mol. The minimum absolute atomic E-state index is 0.407. The van der Waals surface area contributed by atoms with Crippen molar-refractivity contribution < 1.29 is 11.1 Å². The topological polar surface area (TPSA) is 18.5 Å². The Kier molecular flexibility index (Phi) is 0.242. The van der Waals surface area contributed by atoms with Crippen LogP contribution in [0.4, 0.5) is 0 Å². The van der Waals surface area contributed by atoms with Crippen LogP contribution in [-0.2, 0) is 9.78 Å². The quantitative estimate of drug-likeness (QED) is 0.365. The van der Waals surface area contributed by atoms with E-state index in [0.717, 1.165) is 0 Å². The van der Waals surface area contributed by atoms with Gasteiger partial charge in [-0.15, -0.1) is 0 Å². The Balaban J connectivity index is 2.08. The van der Waals surface area contributed by atoms with Crippen molar-refractivity contribution in [1.82, 2.24) is 0 Å². The molecule has 0 aliphatic carbocycles. The third-order valence-corrected chi connectivity index (χ3v) is 0.272. The first-order valence-electron chi connectivity index (χ1n) is 1.68. The van der Waals surface area contributed by atoms with Crippen molar-refractivity contribution >= 4 is 0 Å². The molecule has 1 heterocycles. The second-order valence-electron chi connectivity index (χ2n) is 0.547. The van der Waals surface area contributed by atoms with Crippen molar-refractivity contribution in [2.45, 2.75) is 0 Å². The minimum atomic E-state index is -0.407. The highest BCUT2D eigenvalue weighted by Crippen LogP contribution is 1.87. The van der Waals surface area contributed by atoms with Gasteiger partial charge in [0.1, 0.15) is 13.2 Å². The molecule has 1 atom stereocenters. The fourth-order valence-electron chi connectivity index (χ4n) is 0.0680. The third-order valence-electron chi connectivity index (χ3n) is 0.272. The highest BCUT2D eigenvalue weighted by molar-refractivity contribution is 4.22.